The summed E-state index contributed by atoms with van der Waals surface area (Å²) in [5, 5.41) is 4.60. The molecule has 0 fully saturated rings. The Bertz CT molecular complexity index is 538. The lowest BCUT2D eigenvalue weighted by atomic mass is 10.1. The van der Waals surface area contributed by atoms with E-state index in [0.717, 1.165) is 5.56 Å². The van der Waals surface area contributed by atoms with Gasteiger partial charge in [-0.05, 0) is 18.2 Å². The molecule has 0 radical (unpaired) electrons. The summed E-state index contributed by atoms with van der Waals surface area (Å²) >= 11 is 17.9. The van der Waals surface area contributed by atoms with Crippen molar-refractivity contribution >= 4 is 40.6 Å². The first kappa shape index (κ1) is 12.5. The molecular weight excluding hydrogens is 279 g/mol. The van der Waals surface area contributed by atoms with E-state index in [-0.39, 0.29) is 0 Å². The van der Waals surface area contributed by atoms with Gasteiger partial charge in [0.05, 0.1) is 15.7 Å². The summed E-state index contributed by atoms with van der Waals surface area (Å²) in [6.07, 6.45) is 0. The molecule has 0 aliphatic heterocycles. The van der Waals surface area contributed by atoms with Crippen molar-refractivity contribution in [1.29, 1.82) is 0 Å². The second kappa shape index (κ2) is 5.13. The van der Waals surface area contributed by atoms with E-state index in [2.05, 4.69) is 10.3 Å². The zero-order chi connectivity index (χ0) is 12.4. The Hall–Kier alpha value is -0.960. The smallest absolute Gasteiger partial charge is 0.145 e. The van der Waals surface area contributed by atoms with E-state index in [9.17, 15) is 0 Å². The van der Waals surface area contributed by atoms with Crippen molar-refractivity contribution < 1.29 is 0 Å². The Balaban J connectivity index is 2.55. The molecule has 2 aromatic rings. The first-order chi connectivity index (χ1) is 8.11. The Morgan fingerprint density at radius 3 is 2.24 bits per heavy atom. The molecule has 17 heavy (non-hydrogen) atoms. The molecule has 1 N–H and O–H groups in total. The summed E-state index contributed by atoms with van der Waals surface area (Å²) < 4.78 is 0. The number of anilines is 1. The molecule has 0 saturated carbocycles. The first-order valence-electron chi connectivity index (χ1n) is 4.91. The summed E-state index contributed by atoms with van der Waals surface area (Å²) in [5.41, 5.74) is 1.57. The van der Waals surface area contributed by atoms with Crippen molar-refractivity contribution in [3.05, 3.63) is 45.4 Å². The minimum absolute atomic E-state index is 0.496. The Morgan fingerprint density at radius 2 is 1.65 bits per heavy atom. The molecule has 1 heterocycles. The predicted octanol–water partition coefficient (Wildman–Crippen LogP) is 4.75. The molecule has 0 atom stereocenters. The third-order valence-corrected chi connectivity index (χ3v) is 3.11. The van der Waals surface area contributed by atoms with Crippen LogP contribution in [0.3, 0.4) is 0 Å². The highest BCUT2D eigenvalue weighted by Gasteiger charge is 2.10. The molecule has 0 aliphatic carbocycles. The predicted molar refractivity (Wildman–Crippen MR) is 74.2 cm³/mol. The van der Waals surface area contributed by atoms with Gasteiger partial charge in [-0.2, -0.15) is 0 Å². The summed E-state index contributed by atoms with van der Waals surface area (Å²) in [7, 11) is 1.76. The van der Waals surface area contributed by atoms with Crippen LogP contribution in [0, 0.1) is 0 Å². The highest BCUT2D eigenvalue weighted by molar-refractivity contribution is 6.37. The molecule has 1 aromatic heterocycles. The van der Waals surface area contributed by atoms with Crippen molar-refractivity contribution in [2.45, 2.75) is 0 Å². The van der Waals surface area contributed by atoms with Gasteiger partial charge in [-0.3, -0.25) is 0 Å². The number of halogens is 3. The fraction of sp³-hybridized carbons (Fsp3) is 0.0833. The van der Waals surface area contributed by atoms with Crippen molar-refractivity contribution in [1.82, 2.24) is 4.98 Å². The number of nitrogens with one attached hydrogen (secondary N) is 1. The van der Waals surface area contributed by atoms with E-state index in [1.54, 1.807) is 25.2 Å². The van der Waals surface area contributed by atoms with E-state index in [1.165, 1.54) is 0 Å². The largest absolute Gasteiger partial charge is 0.372 e. The zero-order valence-electron chi connectivity index (χ0n) is 8.97. The lowest BCUT2D eigenvalue weighted by molar-refractivity contribution is 1.29. The van der Waals surface area contributed by atoms with Crippen LogP contribution in [0.1, 0.15) is 0 Å². The van der Waals surface area contributed by atoms with Gasteiger partial charge in [0, 0.05) is 17.6 Å². The van der Waals surface area contributed by atoms with E-state index in [1.807, 2.05) is 12.1 Å². The van der Waals surface area contributed by atoms with Gasteiger partial charge in [0.25, 0.3) is 0 Å². The number of hydrogen-bond donors (Lipinski definition) is 1. The molecule has 0 amide bonds. The van der Waals surface area contributed by atoms with Crippen LogP contribution in [0.2, 0.25) is 15.1 Å². The molecule has 2 rings (SSSR count). The maximum atomic E-state index is 6.13. The van der Waals surface area contributed by atoms with Gasteiger partial charge in [0.15, 0.2) is 0 Å². The maximum absolute atomic E-state index is 6.13. The maximum Gasteiger partial charge on any atom is 0.145 e. The highest BCUT2D eigenvalue weighted by atomic mass is 35.5. The number of pyridine rings is 1. The lowest BCUT2D eigenvalue weighted by Crippen LogP contribution is -1.96. The van der Waals surface area contributed by atoms with Crippen LogP contribution in [-0.4, -0.2) is 12.0 Å². The molecule has 0 unspecified atom stereocenters. The quantitative estimate of drug-likeness (QED) is 0.862. The standard InChI is InChI=1S/C12H9Cl3N2/c1-16-12-10(15)6-9(14)11(17-12)7-2-4-8(13)5-3-7/h2-6H,1H3,(H,16,17). The van der Waals surface area contributed by atoms with Crippen molar-refractivity contribution in [3.63, 3.8) is 0 Å². The second-order valence-corrected chi connectivity index (χ2v) is 4.66. The number of nitrogens with zero attached hydrogens (tertiary/aromatic N) is 1. The monoisotopic (exact) mass is 286 g/mol. The van der Waals surface area contributed by atoms with E-state index < -0.39 is 0 Å². The van der Waals surface area contributed by atoms with E-state index >= 15 is 0 Å². The number of rotatable bonds is 2. The van der Waals surface area contributed by atoms with Gasteiger partial charge in [-0.15, -0.1) is 0 Å². The molecule has 88 valence electrons. The van der Waals surface area contributed by atoms with E-state index in [0.29, 0.717) is 26.6 Å². The third-order valence-electron chi connectivity index (χ3n) is 2.28. The third kappa shape index (κ3) is 2.65. The molecule has 2 nitrogen and oxygen atoms in total. The fourth-order valence-electron chi connectivity index (χ4n) is 1.45. The van der Waals surface area contributed by atoms with Gasteiger partial charge in [-0.25, -0.2) is 4.98 Å². The molecule has 0 bridgehead atoms. The van der Waals surface area contributed by atoms with Crippen LogP contribution in [0.5, 0.6) is 0 Å². The van der Waals surface area contributed by atoms with Crippen molar-refractivity contribution in [3.8, 4) is 11.3 Å². The van der Waals surface area contributed by atoms with Crippen LogP contribution < -0.4 is 5.32 Å². The van der Waals surface area contributed by atoms with Crippen LogP contribution in [-0.2, 0) is 0 Å². The Kier molecular flexibility index (Phi) is 3.77. The van der Waals surface area contributed by atoms with Crippen LogP contribution in [0.25, 0.3) is 11.3 Å². The fourth-order valence-corrected chi connectivity index (χ4v) is 2.14. The molecular formula is C12H9Cl3N2. The van der Waals surface area contributed by atoms with Crippen LogP contribution in [0.4, 0.5) is 5.82 Å². The Labute approximate surface area is 115 Å². The summed E-state index contributed by atoms with van der Waals surface area (Å²) in [4.78, 5) is 4.37. The van der Waals surface area contributed by atoms with Crippen molar-refractivity contribution in [2.75, 3.05) is 12.4 Å². The van der Waals surface area contributed by atoms with Gasteiger partial charge >= 0.3 is 0 Å². The van der Waals surface area contributed by atoms with Crippen LogP contribution in [0.15, 0.2) is 30.3 Å². The number of benzene rings is 1. The zero-order valence-corrected chi connectivity index (χ0v) is 11.2. The van der Waals surface area contributed by atoms with Gasteiger partial charge in [-0.1, -0.05) is 46.9 Å². The topological polar surface area (TPSA) is 24.9 Å². The highest BCUT2D eigenvalue weighted by Crippen LogP contribution is 2.32. The summed E-state index contributed by atoms with van der Waals surface area (Å²) in [6.45, 7) is 0. The van der Waals surface area contributed by atoms with E-state index in [4.69, 9.17) is 34.8 Å². The summed E-state index contributed by atoms with van der Waals surface area (Å²) in [5.74, 6) is 0.598. The minimum Gasteiger partial charge on any atom is -0.372 e. The molecule has 0 saturated heterocycles. The SMILES string of the molecule is CNc1nc(-c2ccc(Cl)cc2)c(Cl)cc1Cl. The molecule has 0 spiro atoms. The molecule has 1 aromatic carbocycles. The number of hydrogen-bond acceptors (Lipinski definition) is 2. The van der Waals surface area contributed by atoms with Crippen molar-refractivity contribution in [2.24, 2.45) is 0 Å². The normalized spacial score (nSPS) is 10.4. The average Bonchev–Trinajstić information content (AvgIpc) is 2.31. The number of aromatic nitrogens is 1. The summed E-state index contributed by atoms with van der Waals surface area (Å²) in [6, 6.07) is 8.99. The minimum atomic E-state index is 0.496. The Morgan fingerprint density at radius 1 is 1.00 bits per heavy atom. The molecule has 5 heteroatoms. The van der Waals surface area contributed by atoms with Gasteiger partial charge in [0.2, 0.25) is 0 Å². The second-order valence-electron chi connectivity index (χ2n) is 3.41. The molecule has 0 aliphatic rings. The van der Waals surface area contributed by atoms with Gasteiger partial charge < -0.3 is 5.32 Å². The van der Waals surface area contributed by atoms with Gasteiger partial charge in [0.1, 0.15) is 5.82 Å². The lowest BCUT2D eigenvalue weighted by Gasteiger charge is -2.08. The first-order valence-corrected chi connectivity index (χ1v) is 6.05. The average molecular weight is 288 g/mol. The van der Waals surface area contributed by atoms with Crippen LogP contribution >= 0.6 is 34.8 Å².